The fraction of sp³-hybridized carbons (Fsp3) is 0.143. The Kier molecular flexibility index (Phi) is 4.40. The Morgan fingerprint density at radius 3 is 2.37 bits per heavy atom. The smallest absolute Gasteiger partial charge is 0.159 e. The Hall–Kier alpha value is -1.16. The minimum atomic E-state index is -0.987. The van der Waals surface area contributed by atoms with Crippen molar-refractivity contribution in [2.24, 2.45) is 0 Å². The van der Waals surface area contributed by atoms with Crippen LogP contribution in [0.25, 0.3) is 0 Å². The first-order chi connectivity index (χ1) is 8.97. The van der Waals surface area contributed by atoms with Crippen LogP contribution >= 0.6 is 23.2 Å². The lowest BCUT2D eigenvalue weighted by Crippen LogP contribution is -2.03. The largest absolute Gasteiger partial charge is 0.388 e. The van der Waals surface area contributed by atoms with E-state index in [-0.39, 0.29) is 6.42 Å². The van der Waals surface area contributed by atoms with Crippen LogP contribution in [0.3, 0.4) is 0 Å². The molecule has 0 heterocycles. The minimum Gasteiger partial charge on any atom is -0.388 e. The second-order valence-electron chi connectivity index (χ2n) is 4.13. The molecule has 0 amide bonds. The van der Waals surface area contributed by atoms with E-state index in [4.69, 9.17) is 23.2 Å². The van der Waals surface area contributed by atoms with Gasteiger partial charge in [-0.1, -0.05) is 35.3 Å². The number of rotatable bonds is 3. The molecule has 1 N–H and O–H groups in total. The molecule has 1 unspecified atom stereocenters. The van der Waals surface area contributed by atoms with Crippen molar-refractivity contribution in [2.45, 2.75) is 12.5 Å². The highest BCUT2D eigenvalue weighted by molar-refractivity contribution is 6.35. The van der Waals surface area contributed by atoms with Crippen molar-refractivity contribution in [1.82, 2.24) is 0 Å². The SMILES string of the molecule is OC(Cc1ccc(Cl)cc1Cl)c1ccc(F)c(F)c1. The van der Waals surface area contributed by atoms with Crippen molar-refractivity contribution in [3.8, 4) is 0 Å². The van der Waals surface area contributed by atoms with Crippen LogP contribution < -0.4 is 0 Å². The van der Waals surface area contributed by atoms with Crippen molar-refractivity contribution >= 4 is 23.2 Å². The van der Waals surface area contributed by atoms with Crippen LogP contribution in [0.15, 0.2) is 36.4 Å². The summed E-state index contributed by atoms with van der Waals surface area (Å²) in [5.41, 5.74) is 0.980. The quantitative estimate of drug-likeness (QED) is 0.882. The Bertz CT molecular complexity index is 602. The molecule has 0 saturated heterocycles. The predicted octanol–water partition coefficient (Wildman–Crippen LogP) is 4.55. The standard InChI is InChI=1S/C14H10Cl2F2O/c15-10-3-1-8(11(16)7-10)6-14(19)9-2-4-12(17)13(18)5-9/h1-5,7,14,19H,6H2. The van der Waals surface area contributed by atoms with Gasteiger partial charge in [0, 0.05) is 16.5 Å². The van der Waals surface area contributed by atoms with Crippen molar-refractivity contribution in [1.29, 1.82) is 0 Å². The molecule has 0 aliphatic heterocycles. The molecule has 2 rings (SSSR count). The van der Waals surface area contributed by atoms with E-state index in [2.05, 4.69) is 0 Å². The van der Waals surface area contributed by atoms with Gasteiger partial charge in [0.15, 0.2) is 11.6 Å². The van der Waals surface area contributed by atoms with E-state index in [1.165, 1.54) is 6.07 Å². The third-order valence-electron chi connectivity index (χ3n) is 2.76. The molecule has 0 bridgehead atoms. The monoisotopic (exact) mass is 302 g/mol. The Morgan fingerprint density at radius 1 is 1.00 bits per heavy atom. The lowest BCUT2D eigenvalue weighted by molar-refractivity contribution is 0.178. The van der Waals surface area contributed by atoms with Gasteiger partial charge in [-0.2, -0.15) is 0 Å². The van der Waals surface area contributed by atoms with Gasteiger partial charge < -0.3 is 5.11 Å². The van der Waals surface area contributed by atoms with Gasteiger partial charge in [-0.15, -0.1) is 0 Å². The predicted molar refractivity (Wildman–Crippen MR) is 71.5 cm³/mol. The molecule has 1 atom stereocenters. The first-order valence-corrected chi connectivity index (χ1v) is 6.30. The van der Waals surface area contributed by atoms with Crippen molar-refractivity contribution in [2.75, 3.05) is 0 Å². The Morgan fingerprint density at radius 2 is 1.74 bits per heavy atom. The molecule has 19 heavy (non-hydrogen) atoms. The summed E-state index contributed by atoms with van der Waals surface area (Å²) in [4.78, 5) is 0. The van der Waals surface area contributed by atoms with E-state index in [0.29, 0.717) is 21.2 Å². The van der Waals surface area contributed by atoms with Gasteiger partial charge in [-0.05, 0) is 35.4 Å². The topological polar surface area (TPSA) is 20.2 Å². The van der Waals surface area contributed by atoms with Crippen LogP contribution in [0.1, 0.15) is 17.2 Å². The highest BCUT2D eigenvalue weighted by Gasteiger charge is 2.13. The van der Waals surface area contributed by atoms with Crippen LogP contribution in [-0.2, 0) is 6.42 Å². The van der Waals surface area contributed by atoms with Gasteiger partial charge in [0.05, 0.1) is 6.10 Å². The van der Waals surface area contributed by atoms with E-state index in [9.17, 15) is 13.9 Å². The summed E-state index contributed by atoms with van der Waals surface area (Å²) in [6.45, 7) is 0. The highest BCUT2D eigenvalue weighted by atomic mass is 35.5. The lowest BCUT2D eigenvalue weighted by Gasteiger charge is -2.12. The molecule has 2 aromatic rings. The summed E-state index contributed by atoms with van der Waals surface area (Å²) in [6, 6.07) is 8.21. The fourth-order valence-corrected chi connectivity index (χ4v) is 2.22. The van der Waals surface area contributed by atoms with Crippen LogP contribution in [0, 0.1) is 11.6 Å². The zero-order valence-electron chi connectivity index (χ0n) is 9.71. The average molecular weight is 303 g/mol. The zero-order valence-corrected chi connectivity index (χ0v) is 11.2. The van der Waals surface area contributed by atoms with Crippen LogP contribution in [0.2, 0.25) is 10.0 Å². The molecule has 0 aliphatic rings. The maximum Gasteiger partial charge on any atom is 0.159 e. The number of benzene rings is 2. The summed E-state index contributed by atoms with van der Waals surface area (Å²) < 4.78 is 25.9. The summed E-state index contributed by atoms with van der Waals surface area (Å²) in [6.07, 6.45) is -0.769. The number of aliphatic hydroxyl groups is 1. The van der Waals surface area contributed by atoms with Crippen LogP contribution in [0.5, 0.6) is 0 Å². The van der Waals surface area contributed by atoms with Gasteiger partial charge >= 0.3 is 0 Å². The van der Waals surface area contributed by atoms with Crippen molar-refractivity contribution in [3.05, 3.63) is 69.2 Å². The molecule has 1 nitrogen and oxygen atoms in total. The van der Waals surface area contributed by atoms with E-state index in [1.807, 2.05) is 0 Å². The molecule has 0 aromatic heterocycles. The third kappa shape index (κ3) is 3.44. The summed E-state index contributed by atoms with van der Waals surface area (Å²) >= 11 is 11.8. The molecule has 0 saturated carbocycles. The third-order valence-corrected chi connectivity index (χ3v) is 3.34. The van der Waals surface area contributed by atoms with E-state index in [0.717, 1.165) is 12.1 Å². The van der Waals surface area contributed by atoms with E-state index < -0.39 is 17.7 Å². The maximum atomic E-state index is 13.1. The fourth-order valence-electron chi connectivity index (χ4n) is 1.73. The normalized spacial score (nSPS) is 12.5. The number of halogens is 4. The Labute approximate surface area is 119 Å². The van der Waals surface area contributed by atoms with Gasteiger partial charge in [-0.25, -0.2) is 8.78 Å². The van der Waals surface area contributed by atoms with Crippen LogP contribution in [-0.4, -0.2) is 5.11 Å². The van der Waals surface area contributed by atoms with Crippen molar-refractivity contribution < 1.29 is 13.9 Å². The summed E-state index contributed by atoms with van der Waals surface area (Å²) in [7, 11) is 0. The molecule has 2 aromatic carbocycles. The molecule has 0 fully saturated rings. The van der Waals surface area contributed by atoms with Crippen molar-refractivity contribution in [3.63, 3.8) is 0 Å². The van der Waals surface area contributed by atoms with E-state index >= 15 is 0 Å². The Balaban J connectivity index is 2.20. The molecule has 100 valence electrons. The summed E-state index contributed by atoms with van der Waals surface area (Å²) in [5, 5.41) is 10.9. The molecule has 0 aliphatic carbocycles. The second kappa shape index (κ2) is 5.87. The zero-order chi connectivity index (χ0) is 14.0. The maximum absolute atomic E-state index is 13.1. The van der Waals surface area contributed by atoms with Gasteiger partial charge in [-0.3, -0.25) is 0 Å². The highest BCUT2D eigenvalue weighted by Crippen LogP contribution is 2.26. The molecular weight excluding hydrogens is 293 g/mol. The number of hydrogen-bond acceptors (Lipinski definition) is 1. The van der Waals surface area contributed by atoms with Gasteiger partial charge in [0.25, 0.3) is 0 Å². The van der Waals surface area contributed by atoms with Gasteiger partial charge in [0.1, 0.15) is 0 Å². The van der Waals surface area contributed by atoms with Gasteiger partial charge in [0.2, 0.25) is 0 Å². The molecular formula is C14H10Cl2F2O. The summed E-state index contributed by atoms with van der Waals surface area (Å²) in [5.74, 6) is -1.93. The molecule has 0 radical (unpaired) electrons. The van der Waals surface area contributed by atoms with Crippen LogP contribution in [0.4, 0.5) is 8.78 Å². The first-order valence-electron chi connectivity index (χ1n) is 5.54. The van der Waals surface area contributed by atoms with E-state index in [1.54, 1.807) is 18.2 Å². The molecule has 0 spiro atoms. The first kappa shape index (κ1) is 14.3. The number of aliphatic hydroxyl groups excluding tert-OH is 1. The number of hydrogen-bond donors (Lipinski definition) is 1. The molecule has 5 heteroatoms. The second-order valence-corrected chi connectivity index (χ2v) is 4.97. The average Bonchev–Trinajstić information content (AvgIpc) is 2.36. The lowest BCUT2D eigenvalue weighted by atomic mass is 10.0. The minimum absolute atomic E-state index is 0.196.